The van der Waals surface area contributed by atoms with Crippen LogP contribution in [0.5, 0.6) is 5.75 Å². The van der Waals surface area contributed by atoms with E-state index in [-0.39, 0.29) is 24.3 Å². The lowest BCUT2D eigenvalue weighted by Crippen LogP contribution is -2.30. The lowest BCUT2D eigenvalue weighted by molar-refractivity contribution is -0.118. The molecule has 6 heteroatoms. The molecule has 0 atom stereocenters. The van der Waals surface area contributed by atoms with Crippen LogP contribution in [-0.2, 0) is 4.79 Å². The van der Waals surface area contributed by atoms with Gasteiger partial charge in [0, 0.05) is 28.8 Å². The molecule has 0 aliphatic heterocycles. The Kier molecular flexibility index (Phi) is 8.05. The molecule has 0 aromatic heterocycles. The van der Waals surface area contributed by atoms with E-state index in [1.807, 2.05) is 32.0 Å². The molecule has 0 heterocycles. The zero-order valence-electron chi connectivity index (χ0n) is 16.8. The number of benzene rings is 2. The highest BCUT2D eigenvalue weighted by Gasteiger charge is 2.14. The monoisotopic (exact) mass is 446 g/mol. The first-order chi connectivity index (χ1) is 13.3. The molecule has 2 aromatic carbocycles. The minimum absolute atomic E-state index is 0.0474. The predicted molar refractivity (Wildman–Crippen MR) is 116 cm³/mol. The van der Waals surface area contributed by atoms with Crippen LogP contribution in [-0.4, -0.2) is 36.4 Å². The Hall–Kier alpha value is -2.34. The number of carbonyl (C=O) groups is 2. The van der Waals surface area contributed by atoms with Gasteiger partial charge in [0.2, 0.25) is 0 Å². The number of rotatable bonds is 8. The summed E-state index contributed by atoms with van der Waals surface area (Å²) in [6, 6.07) is 12.7. The highest BCUT2D eigenvalue weighted by molar-refractivity contribution is 9.10. The van der Waals surface area contributed by atoms with Crippen LogP contribution in [0.25, 0.3) is 0 Å². The molecule has 0 saturated heterocycles. The molecule has 0 aliphatic rings. The summed E-state index contributed by atoms with van der Waals surface area (Å²) < 4.78 is 6.70. The van der Waals surface area contributed by atoms with Crippen molar-refractivity contribution in [3.8, 4) is 5.75 Å². The van der Waals surface area contributed by atoms with Gasteiger partial charge >= 0.3 is 0 Å². The van der Waals surface area contributed by atoms with Gasteiger partial charge in [0.1, 0.15) is 5.75 Å². The van der Waals surface area contributed by atoms with Crippen molar-refractivity contribution in [2.75, 3.05) is 25.0 Å². The van der Waals surface area contributed by atoms with Gasteiger partial charge in [-0.05, 0) is 61.7 Å². The SMILES string of the molecule is CCN(CC)C(=O)c1cccc(NC(=O)COc2ccc(Br)cc2C(C)C)c1. The average molecular weight is 447 g/mol. The first kappa shape index (κ1) is 22.0. The molecule has 0 saturated carbocycles. The van der Waals surface area contributed by atoms with Crippen LogP contribution >= 0.6 is 15.9 Å². The maximum atomic E-state index is 12.5. The first-order valence-corrected chi connectivity index (χ1v) is 10.3. The largest absolute Gasteiger partial charge is 0.483 e. The fraction of sp³-hybridized carbons (Fsp3) is 0.364. The molecule has 0 aliphatic carbocycles. The third-order valence-electron chi connectivity index (χ3n) is 4.40. The van der Waals surface area contributed by atoms with Gasteiger partial charge in [0.25, 0.3) is 11.8 Å². The van der Waals surface area contributed by atoms with E-state index in [9.17, 15) is 9.59 Å². The number of carbonyl (C=O) groups excluding carboxylic acids is 2. The number of hydrogen-bond acceptors (Lipinski definition) is 3. The second-order valence-corrected chi connectivity index (χ2v) is 7.65. The van der Waals surface area contributed by atoms with Crippen molar-refractivity contribution in [2.24, 2.45) is 0 Å². The molecule has 0 bridgehead atoms. The van der Waals surface area contributed by atoms with Crippen LogP contribution in [0.1, 0.15) is 49.5 Å². The number of halogens is 1. The highest BCUT2D eigenvalue weighted by Crippen LogP contribution is 2.29. The summed E-state index contributed by atoms with van der Waals surface area (Å²) in [5, 5.41) is 2.80. The van der Waals surface area contributed by atoms with Crippen molar-refractivity contribution in [1.29, 1.82) is 0 Å². The van der Waals surface area contributed by atoms with Crippen LogP contribution in [0, 0.1) is 0 Å². The molecular formula is C22H27BrN2O3. The molecule has 150 valence electrons. The van der Waals surface area contributed by atoms with Crippen LogP contribution in [0.4, 0.5) is 5.69 Å². The molecule has 2 rings (SSSR count). The minimum atomic E-state index is -0.273. The second-order valence-electron chi connectivity index (χ2n) is 6.73. The molecule has 2 aromatic rings. The van der Waals surface area contributed by atoms with Gasteiger partial charge in [-0.1, -0.05) is 35.8 Å². The fourth-order valence-corrected chi connectivity index (χ4v) is 3.24. The van der Waals surface area contributed by atoms with Crippen LogP contribution < -0.4 is 10.1 Å². The molecule has 0 spiro atoms. The van der Waals surface area contributed by atoms with Gasteiger partial charge in [0.15, 0.2) is 6.61 Å². The molecule has 0 radical (unpaired) electrons. The summed E-state index contributed by atoms with van der Waals surface area (Å²) in [7, 11) is 0. The Bertz CT molecular complexity index is 832. The summed E-state index contributed by atoms with van der Waals surface area (Å²) in [6.07, 6.45) is 0. The van der Waals surface area contributed by atoms with E-state index in [0.29, 0.717) is 30.1 Å². The van der Waals surface area contributed by atoms with Crippen molar-refractivity contribution in [1.82, 2.24) is 4.90 Å². The van der Waals surface area contributed by atoms with Gasteiger partial charge in [-0.15, -0.1) is 0 Å². The summed E-state index contributed by atoms with van der Waals surface area (Å²) in [4.78, 5) is 26.5. The number of hydrogen-bond donors (Lipinski definition) is 1. The molecule has 1 N–H and O–H groups in total. The molecule has 0 fully saturated rings. The number of nitrogens with one attached hydrogen (secondary N) is 1. The summed E-state index contributed by atoms with van der Waals surface area (Å²) in [5.41, 5.74) is 2.16. The number of anilines is 1. The lowest BCUT2D eigenvalue weighted by Gasteiger charge is -2.19. The Labute approximate surface area is 175 Å². The van der Waals surface area contributed by atoms with Gasteiger partial charge < -0.3 is 15.0 Å². The smallest absolute Gasteiger partial charge is 0.262 e. The zero-order chi connectivity index (χ0) is 20.7. The van der Waals surface area contributed by atoms with E-state index in [2.05, 4.69) is 35.1 Å². The van der Waals surface area contributed by atoms with Gasteiger partial charge in [-0.2, -0.15) is 0 Å². The Morgan fingerprint density at radius 3 is 2.46 bits per heavy atom. The molecule has 0 unspecified atom stereocenters. The lowest BCUT2D eigenvalue weighted by atomic mass is 10.0. The first-order valence-electron chi connectivity index (χ1n) is 9.47. The molecule has 5 nitrogen and oxygen atoms in total. The van der Waals surface area contributed by atoms with Crippen molar-refractivity contribution < 1.29 is 14.3 Å². The van der Waals surface area contributed by atoms with Crippen molar-refractivity contribution in [3.63, 3.8) is 0 Å². The van der Waals surface area contributed by atoms with Gasteiger partial charge in [0.05, 0.1) is 0 Å². The van der Waals surface area contributed by atoms with Crippen molar-refractivity contribution in [3.05, 3.63) is 58.1 Å². The summed E-state index contributed by atoms with van der Waals surface area (Å²) >= 11 is 3.46. The average Bonchev–Trinajstić information content (AvgIpc) is 2.68. The third-order valence-corrected chi connectivity index (χ3v) is 4.89. The second kappa shape index (κ2) is 10.3. The number of nitrogens with zero attached hydrogens (tertiary/aromatic N) is 1. The maximum Gasteiger partial charge on any atom is 0.262 e. The van der Waals surface area contributed by atoms with E-state index < -0.39 is 0 Å². The van der Waals surface area contributed by atoms with Crippen LogP contribution in [0.15, 0.2) is 46.9 Å². The Morgan fingerprint density at radius 1 is 1.11 bits per heavy atom. The van der Waals surface area contributed by atoms with E-state index in [1.165, 1.54) is 0 Å². The van der Waals surface area contributed by atoms with E-state index >= 15 is 0 Å². The third kappa shape index (κ3) is 5.83. The fourth-order valence-electron chi connectivity index (χ4n) is 2.87. The zero-order valence-corrected chi connectivity index (χ0v) is 18.4. The molecular weight excluding hydrogens is 420 g/mol. The van der Waals surface area contributed by atoms with E-state index in [0.717, 1.165) is 10.0 Å². The van der Waals surface area contributed by atoms with Crippen LogP contribution in [0.3, 0.4) is 0 Å². The van der Waals surface area contributed by atoms with Crippen LogP contribution in [0.2, 0.25) is 0 Å². The number of amides is 2. The van der Waals surface area contributed by atoms with E-state index in [4.69, 9.17) is 4.74 Å². The summed E-state index contributed by atoms with van der Waals surface area (Å²) in [6.45, 7) is 9.22. The number of ether oxygens (including phenoxy) is 1. The standard InChI is InChI=1S/C22H27BrN2O3/c1-5-25(6-2)22(27)16-8-7-9-18(12-16)24-21(26)14-28-20-11-10-17(23)13-19(20)15(3)4/h7-13,15H,5-6,14H2,1-4H3,(H,24,26). The maximum absolute atomic E-state index is 12.5. The predicted octanol–water partition coefficient (Wildman–Crippen LogP) is 5.07. The Morgan fingerprint density at radius 2 is 1.82 bits per heavy atom. The van der Waals surface area contributed by atoms with Gasteiger partial charge in [-0.25, -0.2) is 0 Å². The minimum Gasteiger partial charge on any atom is -0.483 e. The van der Waals surface area contributed by atoms with Gasteiger partial charge in [-0.3, -0.25) is 9.59 Å². The normalized spacial score (nSPS) is 10.6. The topological polar surface area (TPSA) is 58.6 Å². The summed E-state index contributed by atoms with van der Waals surface area (Å²) in [5.74, 6) is 0.649. The quantitative estimate of drug-likeness (QED) is 0.615. The van der Waals surface area contributed by atoms with Crippen molar-refractivity contribution >= 4 is 33.4 Å². The molecule has 2 amide bonds. The highest BCUT2D eigenvalue weighted by atomic mass is 79.9. The Balaban J connectivity index is 2.03. The molecule has 28 heavy (non-hydrogen) atoms. The van der Waals surface area contributed by atoms with E-state index in [1.54, 1.807) is 29.2 Å². The van der Waals surface area contributed by atoms with Crippen molar-refractivity contribution in [2.45, 2.75) is 33.6 Å².